The third kappa shape index (κ3) is 4.71. The quantitative estimate of drug-likeness (QED) is 0.486. The highest BCUT2D eigenvalue weighted by Crippen LogP contribution is 2.18. The fraction of sp³-hybridized carbons (Fsp3) is 0. The summed E-state index contributed by atoms with van der Waals surface area (Å²) in [4.78, 5) is 45.2. The molecule has 0 aliphatic carbocycles. The van der Waals surface area contributed by atoms with Crippen LogP contribution in [0.3, 0.4) is 0 Å². The Morgan fingerprint density at radius 2 is 1.69 bits per heavy atom. The van der Waals surface area contributed by atoms with Gasteiger partial charge in [-0.05, 0) is 48.5 Å². The van der Waals surface area contributed by atoms with Crippen molar-refractivity contribution in [2.75, 3.05) is 10.6 Å². The lowest BCUT2D eigenvalue weighted by atomic mass is 10.2. The van der Waals surface area contributed by atoms with Gasteiger partial charge in [-0.1, -0.05) is 17.7 Å². The Morgan fingerprint density at radius 1 is 0.875 bits per heavy atom. The molecule has 0 fully saturated rings. The molecule has 158 valence electrons. The van der Waals surface area contributed by atoms with Gasteiger partial charge >= 0.3 is 0 Å². The molecule has 9 heteroatoms. The van der Waals surface area contributed by atoms with Crippen LogP contribution in [0.25, 0.3) is 5.69 Å². The molecule has 0 unspecified atom stereocenters. The molecule has 0 radical (unpaired) electrons. The minimum absolute atomic E-state index is 0.157. The van der Waals surface area contributed by atoms with Gasteiger partial charge in [0.05, 0.1) is 16.3 Å². The van der Waals surface area contributed by atoms with E-state index in [1.807, 2.05) is 0 Å². The van der Waals surface area contributed by atoms with Crippen LogP contribution in [0.1, 0.15) is 20.8 Å². The second-order valence-corrected chi connectivity index (χ2v) is 7.08. The highest BCUT2D eigenvalue weighted by Gasteiger charge is 2.16. The molecule has 1 aromatic carbocycles. The van der Waals surface area contributed by atoms with Crippen molar-refractivity contribution in [2.24, 2.45) is 0 Å². The van der Waals surface area contributed by atoms with Gasteiger partial charge in [-0.2, -0.15) is 0 Å². The average Bonchev–Trinajstić information content (AvgIpc) is 2.81. The predicted octanol–water partition coefficient (Wildman–Crippen LogP) is 3.79. The number of hydrogen-bond donors (Lipinski definition) is 2. The second kappa shape index (κ2) is 9.23. The van der Waals surface area contributed by atoms with Gasteiger partial charge < -0.3 is 10.6 Å². The molecule has 0 spiro atoms. The van der Waals surface area contributed by atoms with E-state index in [0.717, 1.165) is 0 Å². The number of nitrogens with zero attached hydrogens (tertiary/aromatic N) is 3. The Labute approximate surface area is 187 Å². The molecule has 3 aromatic heterocycles. The number of pyridine rings is 3. The standard InChI is InChI=1S/C23H16ClN5O3/c24-15-4-9-20(26-13-15)23(32)28-19-10-11-25-14-18(19)22(31)27-16-5-7-17(8-6-16)29-12-2-1-3-21(29)30/h1-14H,(H,27,31)(H,25,28,32). The smallest absolute Gasteiger partial charge is 0.274 e. The van der Waals surface area contributed by atoms with Crippen molar-refractivity contribution in [2.45, 2.75) is 0 Å². The van der Waals surface area contributed by atoms with Crippen molar-refractivity contribution in [3.05, 3.63) is 112 Å². The van der Waals surface area contributed by atoms with Crippen LogP contribution < -0.4 is 16.2 Å². The fourth-order valence-corrected chi connectivity index (χ4v) is 3.04. The number of benzene rings is 1. The Morgan fingerprint density at radius 3 is 2.41 bits per heavy atom. The van der Waals surface area contributed by atoms with Crippen molar-refractivity contribution >= 4 is 34.8 Å². The molecule has 8 nitrogen and oxygen atoms in total. The number of carbonyl (C=O) groups excluding carboxylic acids is 2. The van der Waals surface area contributed by atoms with Gasteiger partial charge in [0.15, 0.2) is 0 Å². The summed E-state index contributed by atoms with van der Waals surface area (Å²) >= 11 is 5.80. The van der Waals surface area contributed by atoms with Gasteiger partial charge in [-0.15, -0.1) is 0 Å². The van der Waals surface area contributed by atoms with Crippen LogP contribution >= 0.6 is 11.6 Å². The molecule has 0 atom stereocenters. The largest absolute Gasteiger partial charge is 0.322 e. The number of rotatable bonds is 5. The Balaban J connectivity index is 1.50. The van der Waals surface area contributed by atoms with Gasteiger partial charge in [-0.3, -0.25) is 23.9 Å². The third-order valence-electron chi connectivity index (χ3n) is 4.50. The van der Waals surface area contributed by atoms with E-state index in [0.29, 0.717) is 16.4 Å². The number of hydrogen-bond acceptors (Lipinski definition) is 5. The van der Waals surface area contributed by atoms with E-state index < -0.39 is 11.8 Å². The molecular weight excluding hydrogens is 430 g/mol. The second-order valence-electron chi connectivity index (χ2n) is 6.65. The zero-order chi connectivity index (χ0) is 22.5. The van der Waals surface area contributed by atoms with Gasteiger partial charge in [0.25, 0.3) is 17.4 Å². The lowest BCUT2D eigenvalue weighted by Crippen LogP contribution is -2.19. The summed E-state index contributed by atoms with van der Waals surface area (Å²) in [6, 6.07) is 16.2. The van der Waals surface area contributed by atoms with Crippen LogP contribution in [0.2, 0.25) is 5.02 Å². The summed E-state index contributed by atoms with van der Waals surface area (Å²) in [6.45, 7) is 0. The van der Waals surface area contributed by atoms with Gasteiger partial charge in [0.1, 0.15) is 5.69 Å². The SMILES string of the molecule is O=C(Nc1ccncc1C(=O)Nc1ccc(-n2ccccc2=O)cc1)c1ccc(Cl)cn1. The zero-order valence-corrected chi connectivity index (χ0v) is 17.3. The van der Waals surface area contributed by atoms with Crippen molar-refractivity contribution < 1.29 is 9.59 Å². The van der Waals surface area contributed by atoms with Crippen LogP contribution in [-0.2, 0) is 0 Å². The highest BCUT2D eigenvalue weighted by molar-refractivity contribution is 6.30. The van der Waals surface area contributed by atoms with Gasteiger partial charge in [0.2, 0.25) is 0 Å². The first-order valence-corrected chi connectivity index (χ1v) is 9.85. The first-order valence-electron chi connectivity index (χ1n) is 9.48. The first kappa shape index (κ1) is 21.0. The molecule has 3 heterocycles. The molecule has 0 saturated carbocycles. The maximum atomic E-state index is 12.8. The topological polar surface area (TPSA) is 106 Å². The minimum atomic E-state index is -0.487. The number of halogens is 1. The summed E-state index contributed by atoms with van der Waals surface area (Å²) in [5.74, 6) is -0.943. The van der Waals surface area contributed by atoms with E-state index >= 15 is 0 Å². The number of aromatic nitrogens is 3. The van der Waals surface area contributed by atoms with E-state index in [-0.39, 0.29) is 22.5 Å². The van der Waals surface area contributed by atoms with Crippen LogP contribution in [-0.4, -0.2) is 26.3 Å². The number of anilines is 2. The number of carbonyl (C=O) groups is 2. The van der Waals surface area contributed by atoms with E-state index in [4.69, 9.17) is 11.6 Å². The summed E-state index contributed by atoms with van der Waals surface area (Å²) in [6.07, 6.45) is 5.85. The van der Waals surface area contributed by atoms with Crippen LogP contribution in [0, 0.1) is 0 Å². The average molecular weight is 446 g/mol. The summed E-state index contributed by atoms with van der Waals surface area (Å²) in [5.41, 5.74) is 1.64. The van der Waals surface area contributed by atoms with E-state index in [9.17, 15) is 14.4 Å². The van der Waals surface area contributed by atoms with Crippen molar-refractivity contribution in [3.8, 4) is 5.69 Å². The molecule has 0 aliphatic heterocycles. The molecule has 2 amide bonds. The summed E-state index contributed by atoms with van der Waals surface area (Å²) in [5, 5.41) is 5.84. The Kier molecular flexibility index (Phi) is 6.05. The maximum absolute atomic E-state index is 12.8. The van der Waals surface area contributed by atoms with Crippen molar-refractivity contribution in [1.29, 1.82) is 0 Å². The molecule has 32 heavy (non-hydrogen) atoms. The zero-order valence-electron chi connectivity index (χ0n) is 16.5. The van der Waals surface area contributed by atoms with Crippen LogP contribution in [0.4, 0.5) is 11.4 Å². The number of nitrogens with one attached hydrogen (secondary N) is 2. The molecule has 2 N–H and O–H groups in total. The van der Waals surface area contributed by atoms with E-state index in [1.165, 1.54) is 41.4 Å². The highest BCUT2D eigenvalue weighted by atomic mass is 35.5. The molecular formula is C23H16ClN5O3. The van der Waals surface area contributed by atoms with Crippen molar-refractivity contribution in [3.63, 3.8) is 0 Å². The lowest BCUT2D eigenvalue weighted by Gasteiger charge is -2.11. The Bertz CT molecular complexity index is 1330. The maximum Gasteiger partial charge on any atom is 0.274 e. The van der Waals surface area contributed by atoms with Gasteiger partial charge in [0, 0.05) is 42.2 Å². The molecule has 0 aliphatic rings. The van der Waals surface area contributed by atoms with Crippen LogP contribution in [0.15, 0.2) is 90.2 Å². The molecule has 0 saturated heterocycles. The molecule has 4 aromatic rings. The molecule has 4 rings (SSSR count). The third-order valence-corrected chi connectivity index (χ3v) is 4.72. The number of amides is 2. The fourth-order valence-electron chi connectivity index (χ4n) is 2.93. The van der Waals surface area contributed by atoms with E-state index in [1.54, 1.807) is 48.7 Å². The van der Waals surface area contributed by atoms with Crippen molar-refractivity contribution in [1.82, 2.24) is 14.5 Å². The van der Waals surface area contributed by atoms with Crippen LogP contribution in [0.5, 0.6) is 0 Å². The molecule has 0 bridgehead atoms. The summed E-state index contributed by atoms with van der Waals surface area (Å²) < 4.78 is 1.49. The van der Waals surface area contributed by atoms with Gasteiger partial charge in [-0.25, -0.2) is 4.98 Å². The predicted molar refractivity (Wildman–Crippen MR) is 121 cm³/mol. The first-order chi connectivity index (χ1) is 15.5. The summed E-state index contributed by atoms with van der Waals surface area (Å²) in [7, 11) is 0. The monoisotopic (exact) mass is 445 g/mol. The normalized spacial score (nSPS) is 10.4. The van der Waals surface area contributed by atoms with E-state index in [2.05, 4.69) is 20.6 Å². The Hall–Kier alpha value is -4.30. The lowest BCUT2D eigenvalue weighted by molar-refractivity contribution is 0.102. The minimum Gasteiger partial charge on any atom is -0.322 e.